The molecule has 0 bridgehead atoms. The van der Waals surface area contributed by atoms with Crippen molar-refractivity contribution in [2.24, 2.45) is 0 Å². The van der Waals surface area contributed by atoms with Crippen molar-refractivity contribution < 1.29 is 57.6 Å². The largest absolute Gasteiger partial charge is 0.469 e. The van der Waals surface area contributed by atoms with E-state index in [9.17, 15) is 48.5 Å². The summed E-state index contributed by atoms with van der Waals surface area (Å²) in [5.41, 5.74) is -1.82. The highest BCUT2D eigenvalue weighted by Gasteiger charge is 2.43. The van der Waals surface area contributed by atoms with Gasteiger partial charge < -0.3 is 30.3 Å². The van der Waals surface area contributed by atoms with E-state index in [4.69, 9.17) is 9.57 Å². The van der Waals surface area contributed by atoms with Crippen molar-refractivity contribution in [3.63, 3.8) is 0 Å². The lowest BCUT2D eigenvalue weighted by atomic mass is 9.84. The van der Waals surface area contributed by atoms with Crippen LogP contribution in [0.25, 0.3) is 0 Å². The minimum absolute atomic E-state index is 0.0159. The number of nitrogens with zero attached hydrogens (tertiary/aromatic N) is 2. The molecule has 57 heavy (non-hydrogen) atoms. The summed E-state index contributed by atoms with van der Waals surface area (Å²) in [6, 6.07) is 0. The third-order valence-corrected chi connectivity index (χ3v) is 14.7. The van der Waals surface area contributed by atoms with Crippen LogP contribution < -0.4 is 16.0 Å². The van der Waals surface area contributed by atoms with Crippen molar-refractivity contribution in [3.8, 4) is 0 Å². The van der Waals surface area contributed by atoms with E-state index in [0.717, 1.165) is 0 Å². The second kappa shape index (κ2) is 29.0. The number of nitro groups is 1. The van der Waals surface area contributed by atoms with Crippen LogP contribution in [0.1, 0.15) is 118 Å². The highest BCUT2D eigenvalue weighted by Crippen LogP contribution is 2.39. The van der Waals surface area contributed by atoms with Gasteiger partial charge in [-0.3, -0.25) is 43.7 Å². The van der Waals surface area contributed by atoms with Crippen LogP contribution in [-0.2, 0) is 52.7 Å². The second-order valence-corrected chi connectivity index (χ2v) is 20.1. The number of hydrogen-bond donors (Lipinski definition) is 3. The number of esters is 2. The minimum atomic E-state index is -1.82. The summed E-state index contributed by atoms with van der Waals surface area (Å²) in [6.45, 7) is 9.64. The van der Waals surface area contributed by atoms with Gasteiger partial charge in [-0.05, 0) is 47.0 Å². The highest BCUT2D eigenvalue weighted by atomic mass is 33.1. The van der Waals surface area contributed by atoms with E-state index in [1.807, 2.05) is 27.7 Å². The fraction of sp³-hybridized carbons (Fsp3) is 0.771. The SMILES string of the molecule is CCCC(=O)N(C=O)OC(=O)CCNC(=O)CCC(CCC(=O)NCCSSC(C)(C)CCC(=O)OC)(CCC(=O)NCSSC(C)(C)CCC(=O)OC)[N+](=O)[O-]. The Kier molecular flexibility index (Phi) is 27.4. The van der Waals surface area contributed by atoms with Crippen LogP contribution in [0.2, 0.25) is 0 Å². The van der Waals surface area contributed by atoms with Crippen LogP contribution >= 0.6 is 43.2 Å². The Morgan fingerprint density at radius 1 is 0.667 bits per heavy atom. The van der Waals surface area contributed by atoms with Crippen LogP contribution in [-0.4, -0.2) is 112 Å². The zero-order chi connectivity index (χ0) is 43.5. The van der Waals surface area contributed by atoms with E-state index in [1.165, 1.54) is 46.6 Å². The molecule has 0 aliphatic heterocycles. The first-order valence-electron chi connectivity index (χ1n) is 18.4. The molecule has 18 nitrogen and oxygen atoms in total. The van der Waals surface area contributed by atoms with Gasteiger partial charge in [-0.2, -0.15) is 0 Å². The van der Waals surface area contributed by atoms with Gasteiger partial charge in [0.15, 0.2) is 0 Å². The van der Waals surface area contributed by atoms with Gasteiger partial charge >= 0.3 is 17.9 Å². The Hall–Kier alpha value is -3.24. The number of methoxy groups -OCH3 is 2. The van der Waals surface area contributed by atoms with E-state index in [0.29, 0.717) is 25.0 Å². The quantitative estimate of drug-likeness (QED) is 0.0165. The Morgan fingerprint density at radius 2 is 1.14 bits per heavy atom. The second-order valence-electron chi connectivity index (χ2n) is 14.0. The van der Waals surface area contributed by atoms with Gasteiger partial charge in [0.25, 0.3) is 12.3 Å². The van der Waals surface area contributed by atoms with Gasteiger partial charge in [0.05, 0.1) is 26.5 Å². The predicted octanol–water partition coefficient (Wildman–Crippen LogP) is 4.51. The first-order valence-corrected chi connectivity index (χ1v) is 23.1. The van der Waals surface area contributed by atoms with Crippen LogP contribution in [0, 0.1) is 10.1 Å². The Balaban J connectivity index is 5.36. The molecule has 0 aromatic heterocycles. The first-order chi connectivity index (χ1) is 26.7. The molecule has 3 N–H and O–H groups in total. The number of amides is 5. The first kappa shape index (κ1) is 53.8. The smallest absolute Gasteiger partial charge is 0.334 e. The summed E-state index contributed by atoms with van der Waals surface area (Å²) >= 11 is 0. The molecule has 22 heteroatoms. The van der Waals surface area contributed by atoms with Crippen molar-refractivity contribution >= 4 is 91.1 Å². The van der Waals surface area contributed by atoms with Crippen molar-refractivity contribution in [3.05, 3.63) is 10.1 Å². The number of hydroxylamine groups is 2. The molecule has 326 valence electrons. The van der Waals surface area contributed by atoms with Gasteiger partial charge in [-0.1, -0.05) is 50.1 Å². The standard InChI is InChI=1S/C35H59N5O13S4/c1-8-9-29(45)39(25-41)53-32(48)15-21-36-26(42)10-18-35(40(49)50,20-12-28(44)38-24-55-57-34(4,5)17-14-31(47)52-7)19-11-27(43)37-22-23-54-56-33(2,3)16-13-30(46)51-6/h25H,8-24H2,1-7H3,(H,36,42)(H,37,43)(H,38,44). The molecule has 0 radical (unpaired) electrons. The predicted molar refractivity (Wildman–Crippen MR) is 221 cm³/mol. The molecule has 0 aliphatic carbocycles. The van der Waals surface area contributed by atoms with Crippen molar-refractivity contribution in [1.82, 2.24) is 21.0 Å². The van der Waals surface area contributed by atoms with Gasteiger partial charge in [0.2, 0.25) is 23.3 Å². The summed E-state index contributed by atoms with van der Waals surface area (Å²) in [7, 11) is 8.55. The lowest BCUT2D eigenvalue weighted by Crippen LogP contribution is -2.42. The molecule has 0 aromatic rings. The molecule has 0 rings (SSSR count). The maximum atomic E-state index is 12.8. The Labute approximate surface area is 350 Å². The van der Waals surface area contributed by atoms with Crippen molar-refractivity contribution in [2.75, 3.05) is 38.9 Å². The maximum Gasteiger partial charge on any atom is 0.334 e. The minimum Gasteiger partial charge on any atom is -0.469 e. The Bertz CT molecular complexity index is 1360. The summed E-state index contributed by atoms with van der Waals surface area (Å²) in [5, 5.41) is 20.8. The highest BCUT2D eigenvalue weighted by molar-refractivity contribution is 8.77. The number of carbonyl (C=O) groups excluding carboxylic acids is 8. The lowest BCUT2D eigenvalue weighted by Gasteiger charge is -2.25. The molecule has 0 aromatic carbocycles. The third kappa shape index (κ3) is 25.7. The molecule has 0 heterocycles. The zero-order valence-corrected chi connectivity index (χ0v) is 37.2. The van der Waals surface area contributed by atoms with Gasteiger partial charge in [-0.25, -0.2) is 4.79 Å². The molecule has 1 unspecified atom stereocenters. The average molecular weight is 886 g/mol. The number of hydrogen-bond acceptors (Lipinski definition) is 17. The average Bonchev–Trinajstić information content (AvgIpc) is 3.16. The maximum absolute atomic E-state index is 12.8. The molecule has 5 amide bonds. The molecule has 0 aliphatic rings. The zero-order valence-electron chi connectivity index (χ0n) is 33.9. The lowest BCUT2D eigenvalue weighted by molar-refractivity contribution is -0.573. The molecular formula is C35H59N5O13S4. The summed E-state index contributed by atoms with van der Waals surface area (Å²) < 4.78 is 8.86. The molecule has 0 saturated carbocycles. The number of imide groups is 1. The number of carbonyl (C=O) groups is 8. The van der Waals surface area contributed by atoms with E-state index >= 15 is 0 Å². The van der Waals surface area contributed by atoms with Gasteiger partial charge in [0, 0.05) is 91.0 Å². The van der Waals surface area contributed by atoms with E-state index < -0.39 is 46.5 Å². The molecular weight excluding hydrogens is 827 g/mol. The fourth-order valence-corrected chi connectivity index (χ4v) is 9.52. The van der Waals surface area contributed by atoms with E-state index in [2.05, 4.69) is 20.7 Å². The van der Waals surface area contributed by atoms with Gasteiger partial charge in [-0.15, -0.1) is 5.06 Å². The van der Waals surface area contributed by atoms with Crippen LogP contribution in [0.4, 0.5) is 0 Å². The Morgan fingerprint density at radius 3 is 1.60 bits per heavy atom. The number of nitrogens with one attached hydrogen (secondary N) is 3. The molecule has 0 fully saturated rings. The fourth-order valence-electron chi connectivity index (χ4n) is 4.69. The molecule has 1 atom stereocenters. The van der Waals surface area contributed by atoms with Crippen molar-refractivity contribution in [2.45, 2.75) is 133 Å². The van der Waals surface area contributed by atoms with Crippen LogP contribution in [0.3, 0.4) is 0 Å². The van der Waals surface area contributed by atoms with Gasteiger partial charge in [0.1, 0.15) is 0 Å². The summed E-state index contributed by atoms with van der Waals surface area (Å²) in [4.78, 5) is 113. The van der Waals surface area contributed by atoms with Crippen LogP contribution in [0.5, 0.6) is 0 Å². The monoisotopic (exact) mass is 885 g/mol. The number of ether oxygens (including phenoxy) is 2. The van der Waals surface area contributed by atoms with Crippen molar-refractivity contribution in [1.29, 1.82) is 0 Å². The molecule has 0 spiro atoms. The van der Waals surface area contributed by atoms with Crippen LogP contribution in [0.15, 0.2) is 0 Å². The summed E-state index contributed by atoms with van der Waals surface area (Å²) in [5.74, 6) is -3.07. The van der Waals surface area contributed by atoms with E-state index in [1.54, 1.807) is 17.7 Å². The summed E-state index contributed by atoms with van der Waals surface area (Å²) in [6.07, 6.45) is 0.0764. The third-order valence-electron chi connectivity index (χ3n) is 8.22. The normalized spacial score (nSPS) is 12.3. The topological polar surface area (TPSA) is 247 Å². The van der Waals surface area contributed by atoms with E-state index in [-0.39, 0.29) is 110 Å². The number of rotatable bonds is 31. The molecule has 0 saturated heterocycles.